The van der Waals surface area contributed by atoms with Gasteiger partial charge < -0.3 is 10.0 Å². The van der Waals surface area contributed by atoms with Crippen LogP contribution in [0.4, 0.5) is 0 Å². The van der Waals surface area contributed by atoms with Gasteiger partial charge in [-0.05, 0) is 50.6 Å². The highest BCUT2D eigenvalue weighted by atomic mass is 16.3. The van der Waals surface area contributed by atoms with Crippen molar-refractivity contribution >= 4 is 0 Å². The normalized spacial score (nSPS) is 24.1. The smallest absolute Gasteiger partial charge is 0.108 e. The molecule has 5 heteroatoms. The minimum Gasteiger partial charge on any atom is -0.390 e. The fourth-order valence-corrected chi connectivity index (χ4v) is 4.17. The molecule has 1 saturated carbocycles. The lowest BCUT2D eigenvalue weighted by Gasteiger charge is -2.32. The molecule has 0 unspecified atom stereocenters. The maximum Gasteiger partial charge on any atom is 0.108 e. The highest BCUT2D eigenvalue weighted by Crippen LogP contribution is 2.28. The monoisotopic (exact) mass is 306 g/mol. The van der Waals surface area contributed by atoms with E-state index in [-0.39, 0.29) is 6.61 Å². The van der Waals surface area contributed by atoms with Crippen molar-refractivity contribution < 1.29 is 5.11 Å². The third kappa shape index (κ3) is 4.53. The average Bonchev–Trinajstić information content (AvgIpc) is 3.19. The molecule has 0 bridgehead atoms. The van der Waals surface area contributed by atoms with Crippen molar-refractivity contribution in [2.45, 2.75) is 64.5 Å². The Morgan fingerprint density at radius 2 is 1.95 bits per heavy atom. The van der Waals surface area contributed by atoms with Crippen LogP contribution in [0.1, 0.15) is 57.1 Å². The first-order chi connectivity index (χ1) is 10.8. The molecular formula is C17H30N4O. The van der Waals surface area contributed by atoms with E-state index in [4.69, 9.17) is 5.11 Å². The first kappa shape index (κ1) is 15.9. The maximum atomic E-state index is 9.06. The summed E-state index contributed by atoms with van der Waals surface area (Å²) in [4.78, 5) is 2.65. The molecule has 0 amide bonds. The SMILES string of the molecule is OCc1cn(C[C@@H]2CCCN(CCCC3CCCC3)C2)nn1. The summed E-state index contributed by atoms with van der Waals surface area (Å²) in [6.45, 7) is 4.65. The fraction of sp³-hybridized carbons (Fsp3) is 0.882. The van der Waals surface area contributed by atoms with Crippen LogP contribution in [-0.4, -0.2) is 44.6 Å². The Bertz CT molecular complexity index is 442. The lowest BCUT2D eigenvalue weighted by Crippen LogP contribution is -2.37. The van der Waals surface area contributed by atoms with Crippen LogP contribution in [0.15, 0.2) is 6.20 Å². The van der Waals surface area contributed by atoms with E-state index in [2.05, 4.69) is 15.2 Å². The standard InChI is InChI=1S/C17H30N4O/c22-14-17-13-21(19-18-17)12-16-8-4-10-20(11-16)9-3-7-15-5-1-2-6-15/h13,15-16,22H,1-12,14H2/t16-/m1/s1. The number of aromatic nitrogens is 3. The van der Waals surface area contributed by atoms with Crippen molar-refractivity contribution in [2.24, 2.45) is 11.8 Å². The first-order valence-electron chi connectivity index (χ1n) is 9.05. The quantitative estimate of drug-likeness (QED) is 0.841. The van der Waals surface area contributed by atoms with Gasteiger partial charge in [0.1, 0.15) is 5.69 Å². The molecule has 2 heterocycles. The van der Waals surface area contributed by atoms with Gasteiger partial charge in [0.2, 0.25) is 0 Å². The van der Waals surface area contributed by atoms with E-state index in [1.54, 1.807) is 0 Å². The number of aliphatic hydroxyl groups excluding tert-OH is 1. The molecule has 1 N–H and O–H groups in total. The zero-order valence-corrected chi connectivity index (χ0v) is 13.7. The molecule has 0 radical (unpaired) electrons. The molecule has 3 rings (SSSR count). The second-order valence-electron chi connectivity index (χ2n) is 7.19. The third-order valence-electron chi connectivity index (χ3n) is 5.36. The Morgan fingerprint density at radius 1 is 1.14 bits per heavy atom. The number of rotatable bonds is 7. The van der Waals surface area contributed by atoms with Gasteiger partial charge in [0, 0.05) is 13.1 Å². The van der Waals surface area contributed by atoms with E-state index in [0.717, 1.165) is 12.5 Å². The molecule has 1 aliphatic heterocycles. The van der Waals surface area contributed by atoms with Gasteiger partial charge >= 0.3 is 0 Å². The lowest BCUT2D eigenvalue weighted by atomic mass is 9.97. The number of aliphatic hydroxyl groups is 1. The summed E-state index contributed by atoms with van der Waals surface area (Å²) in [5, 5.41) is 17.1. The Labute approximate surface area is 133 Å². The molecule has 1 aliphatic carbocycles. The molecule has 1 aromatic rings. The minimum atomic E-state index is -0.0159. The van der Waals surface area contributed by atoms with Gasteiger partial charge in [-0.15, -0.1) is 5.10 Å². The molecule has 1 saturated heterocycles. The van der Waals surface area contributed by atoms with E-state index in [9.17, 15) is 0 Å². The molecule has 5 nitrogen and oxygen atoms in total. The second-order valence-corrected chi connectivity index (χ2v) is 7.19. The highest BCUT2D eigenvalue weighted by molar-refractivity contribution is 4.89. The zero-order chi connectivity index (χ0) is 15.2. The van der Waals surface area contributed by atoms with Crippen LogP contribution in [0.5, 0.6) is 0 Å². The lowest BCUT2D eigenvalue weighted by molar-refractivity contribution is 0.155. The Morgan fingerprint density at radius 3 is 2.73 bits per heavy atom. The summed E-state index contributed by atoms with van der Waals surface area (Å²) < 4.78 is 1.90. The summed E-state index contributed by atoms with van der Waals surface area (Å²) in [6, 6.07) is 0. The topological polar surface area (TPSA) is 54.2 Å². The van der Waals surface area contributed by atoms with Crippen LogP contribution >= 0.6 is 0 Å². The summed E-state index contributed by atoms with van der Waals surface area (Å²) in [7, 11) is 0. The Kier molecular flexibility index (Phi) is 5.84. The van der Waals surface area contributed by atoms with E-state index in [0.29, 0.717) is 11.6 Å². The molecule has 1 atom stereocenters. The van der Waals surface area contributed by atoms with E-state index in [1.807, 2.05) is 10.9 Å². The summed E-state index contributed by atoms with van der Waals surface area (Å²) in [6.07, 6.45) is 13.1. The number of nitrogens with zero attached hydrogens (tertiary/aromatic N) is 4. The van der Waals surface area contributed by atoms with Crippen molar-refractivity contribution in [3.05, 3.63) is 11.9 Å². The molecule has 1 aromatic heterocycles. The van der Waals surface area contributed by atoms with E-state index in [1.165, 1.54) is 71.0 Å². The minimum absolute atomic E-state index is 0.0159. The Balaban J connectivity index is 1.38. The van der Waals surface area contributed by atoms with Crippen molar-refractivity contribution in [3.63, 3.8) is 0 Å². The number of piperidine rings is 1. The predicted octanol–water partition coefficient (Wildman–Crippen LogP) is 2.45. The highest BCUT2D eigenvalue weighted by Gasteiger charge is 2.21. The molecule has 0 spiro atoms. The van der Waals surface area contributed by atoms with Crippen LogP contribution in [0.3, 0.4) is 0 Å². The number of hydrogen-bond donors (Lipinski definition) is 1. The van der Waals surface area contributed by atoms with Crippen molar-refractivity contribution in [2.75, 3.05) is 19.6 Å². The summed E-state index contributed by atoms with van der Waals surface area (Å²) in [5.41, 5.74) is 0.671. The maximum absolute atomic E-state index is 9.06. The second kappa shape index (κ2) is 8.06. The third-order valence-corrected chi connectivity index (χ3v) is 5.36. The van der Waals surface area contributed by atoms with Crippen molar-refractivity contribution in [1.29, 1.82) is 0 Å². The fourth-order valence-electron chi connectivity index (χ4n) is 4.17. The average molecular weight is 306 g/mol. The van der Waals surface area contributed by atoms with Gasteiger partial charge in [-0.25, -0.2) is 0 Å². The van der Waals surface area contributed by atoms with Crippen LogP contribution in [0, 0.1) is 11.8 Å². The van der Waals surface area contributed by atoms with Gasteiger partial charge in [0.25, 0.3) is 0 Å². The zero-order valence-electron chi connectivity index (χ0n) is 13.7. The van der Waals surface area contributed by atoms with Crippen molar-refractivity contribution in [1.82, 2.24) is 19.9 Å². The Hall–Kier alpha value is -0.940. The van der Waals surface area contributed by atoms with Gasteiger partial charge in [-0.3, -0.25) is 4.68 Å². The van der Waals surface area contributed by atoms with E-state index < -0.39 is 0 Å². The number of hydrogen-bond acceptors (Lipinski definition) is 4. The van der Waals surface area contributed by atoms with Crippen molar-refractivity contribution in [3.8, 4) is 0 Å². The van der Waals surface area contributed by atoms with Gasteiger partial charge in [-0.1, -0.05) is 30.9 Å². The van der Waals surface area contributed by atoms with Crippen LogP contribution in [-0.2, 0) is 13.2 Å². The molecule has 22 heavy (non-hydrogen) atoms. The van der Waals surface area contributed by atoms with Crippen LogP contribution in [0.25, 0.3) is 0 Å². The molecule has 124 valence electrons. The van der Waals surface area contributed by atoms with Crippen LogP contribution in [0.2, 0.25) is 0 Å². The van der Waals surface area contributed by atoms with Crippen LogP contribution < -0.4 is 0 Å². The first-order valence-corrected chi connectivity index (χ1v) is 9.05. The number of likely N-dealkylation sites (tertiary alicyclic amines) is 1. The van der Waals surface area contributed by atoms with Gasteiger partial charge in [0.05, 0.1) is 12.8 Å². The largest absolute Gasteiger partial charge is 0.390 e. The summed E-state index contributed by atoms with van der Waals surface area (Å²) in [5.74, 6) is 1.70. The van der Waals surface area contributed by atoms with Gasteiger partial charge in [-0.2, -0.15) is 0 Å². The molecule has 2 aliphatic rings. The summed E-state index contributed by atoms with van der Waals surface area (Å²) >= 11 is 0. The molecule has 2 fully saturated rings. The molecule has 0 aromatic carbocycles. The van der Waals surface area contributed by atoms with Gasteiger partial charge in [0.15, 0.2) is 0 Å². The van der Waals surface area contributed by atoms with E-state index >= 15 is 0 Å². The molecular weight excluding hydrogens is 276 g/mol. The predicted molar refractivity (Wildman–Crippen MR) is 86.3 cm³/mol.